The van der Waals surface area contributed by atoms with E-state index >= 15 is 0 Å². The fraction of sp³-hybridized carbons (Fsp3) is 1.00. The van der Waals surface area contributed by atoms with Crippen molar-refractivity contribution in [3.63, 3.8) is 0 Å². The summed E-state index contributed by atoms with van der Waals surface area (Å²) in [6, 6.07) is 0. The lowest BCUT2D eigenvalue weighted by molar-refractivity contribution is -0.00263. The third-order valence-electron chi connectivity index (χ3n) is 6.14. The van der Waals surface area contributed by atoms with Crippen molar-refractivity contribution in [3.8, 4) is 0 Å². The van der Waals surface area contributed by atoms with Gasteiger partial charge in [-0.25, -0.2) is 0 Å². The van der Waals surface area contributed by atoms with Crippen molar-refractivity contribution in [2.24, 2.45) is 23.2 Å². The van der Waals surface area contributed by atoms with E-state index in [4.69, 9.17) is 4.74 Å². The van der Waals surface area contributed by atoms with E-state index in [9.17, 15) is 0 Å². The van der Waals surface area contributed by atoms with Crippen LogP contribution < -0.4 is 5.32 Å². The molecular weight excluding hydrogens is 248 g/mol. The predicted octanol–water partition coefficient (Wildman–Crippen LogP) is 2.37. The summed E-state index contributed by atoms with van der Waals surface area (Å²) < 4.78 is 5.58. The van der Waals surface area contributed by atoms with E-state index in [-0.39, 0.29) is 0 Å². The molecular formula is C17H32N2O. The van der Waals surface area contributed by atoms with Crippen LogP contribution in [0.4, 0.5) is 0 Å². The highest BCUT2D eigenvalue weighted by molar-refractivity contribution is 4.92. The monoisotopic (exact) mass is 280 g/mol. The zero-order valence-electron chi connectivity index (χ0n) is 13.4. The molecule has 1 N–H and O–H groups in total. The van der Waals surface area contributed by atoms with E-state index in [0.717, 1.165) is 37.5 Å². The molecule has 2 aliphatic carbocycles. The van der Waals surface area contributed by atoms with Gasteiger partial charge in [-0.3, -0.25) is 0 Å². The molecule has 2 saturated carbocycles. The zero-order chi connectivity index (χ0) is 14.0. The molecule has 116 valence electrons. The summed E-state index contributed by atoms with van der Waals surface area (Å²) in [5, 5.41) is 3.42. The van der Waals surface area contributed by atoms with E-state index in [1.807, 2.05) is 0 Å². The molecule has 0 aromatic heterocycles. The maximum atomic E-state index is 5.58. The molecule has 0 aromatic carbocycles. The maximum absolute atomic E-state index is 5.58. The quantitative estimate of drug-likeness (QED) is 0.808. The second-order valence-corrected chi connectivity index (χ2v) is 7.77. The first-order valence-corrected chi connectivity index (χ1v) is 8.62. The molecule has 0 spiro atoms. The molecule has 0 aromatic rings. The Morgan fingerprint density at radius 3 is 2.60 bits per heavy atom. The minimum atomic E-state index is 0.444. The Bertz CT molecular complexity index is 309. The molecule has 3 heteroatoms. The average molecular weight is 280 g/mol. The van der Waals surface area contributed by atoms with Gasteiger partial charge in [-0.1, -0.05) is 6.42 Å². The zero-order valence-corrected chi connectivity index (χ0v) is 13.4. The molecule has 0 amide bonds. The first-order chi connectivity index (χ1) is 9.71. The lowest BCUT2D eigenvalue weighted by Crippen LogP contribution is -2.47. The second kappa shape index (κ2) is 6.33. The van der Waals surface area contributed by atoms with Gasteiger partial charge >= 0.3 is 0 Å². The van der Waals surface area contributed by atoms with E-state index in [2.05, 4.69) is 24.3 Å². The Labute approximate surface area is 124 Å². The first kappa shape index (κ1) is 14.8. The fourth-order valence-electron chi connectivity index (χ4n) is 5.21. The third-order valence-corrected chi connectivity index (χ3v) is 6.14. The van der Waals surface area contributed by atoms with E-state index < -0.39 is 0 Å². The SMILES string of the molecule is CNCC1(CN(C)CC2CC3CCC2C3)CCOCC1. The molecule has 0 radical (unpaired) electrons. The number of nitrogens with zero attached hydrogens (tertiary/aromatic N) is 1. The number of hydrogen-bond donors (Lipinski definition) is 1. The van der Waals surface area contributed by atoms with Crippen LogP contribution in [0, 0.1) is 23.2 Å². The number of rotatable bonds is 6. The molecule has 1 heterocycles. The van der Waals surface area contributed by atoms with Gasteiger partial charge in [0.25, 0.3) is 0 Å². The molecule has 20 heavy (non-hydrogen) atoms. The summed E-state index contributed by atoms with van der Waals surface area (Å²) in [5.41, 5.74) is 0.444. The predicted molar refractivity (Wildman–Crippen MR) is 82.8 cm³/mol. The number of hydrogen-bond acceptors (Lipinski definition) is 3. The Balaban J connectivity index is 1.52. The van der Waals surface area contributed by atoms with Crippen LogP contribution in [0.25, 0.3) is 0 Å². The highest BCUT2D eigenvalue weighted by Gasteiger charge is 2.40. The van der Waals surface area contributed by atoms with Crippen molar-refractivity contribution in [1.82, 2.24) is 10.2 Å². The fourth-order valence-corrected chi connectivity index (χ4v) is 5.21. The number of nitrogens with one attached hydrogen (secondary N) is 1. The van der Waals surface area contributed by atoms with Crippen LogP contribution in [0.5, 0.6) is 0 Å². The van der Waals surface area contributed by atoms with E-state index in [0.29, 0.717) is 5.41 Å². The van der Waals surface area contributed by atoms with Crippen molar-refractivity contribution in [2.75, 3.05) is 46.9 Å². The standard InChI is InChI=1S/C17H32N2O/c1-18-12-17(5-7-20-8-6-17)13-19(2)11-16-10-14-3-4-15(16)9-14/h14-16,18H,3-13H2,1-2H3. The van der Waals surface area contributed by atoms with Gasteiger partial charge in [-0.05, 0) is 69.4 Å². The molecule has 3 aliphatic rings. The van der Waals surface area contributed by atoms with Crippen LogP contribution in [-0.4, -0.2) is 51.8 Å². The van der Waals surface area contributed by atoms with Gasteiger partial charge in [0.05, 0.1) is 0 Å². The number of ether oxygens (including phenoxy) is 1. The van der Waals surface area contributed by atoms with Crippen molar-refractivity contribution in [3.05, 3.63) is 0 Å². The van der Waals surface area contributed by atoms with E-state index in [1.165, 1.54) is 51.6 Å². The van der Waals surface area contributed by atoms with Crippen LogP contribution in [-0.2, 0) is 4.74 Å². The Hall–Kier alpha value is -0.120. The summed E-state index contributed by atoms with van der Waals surface area (Å²) in [6.45, 7) is 5.60. The summed E-state index contributed by atoms with van der Waals surface area (Å²) in [4.78, 5) is 2.63. The molecule has 3 fully saturated rings. The normalized spacial score (nSPS) is 35.9. The third kappa shape index (κ3) is 3.20. The smallest absolute Gasteiger partial charge is 0.0472 e. The number of fused-ring (bicyclic) bond motifs is 2. The van der Waals surface area contributed by atoms with Crippen LogP contribution in [0.1, 0.15) is 38.5 Å². The van der Waals surface area contributed by atoms with Gasteiger partial charge < -0.3 is 15.0 Å². The van der Waals surface area contributed by atoms with Gasteiger partial charge in [0.1, 0.15) is 0 Å². The van der Waals surface area contributed by atoms with Crippen LogP contribution in [0.15, 0.2) is 0 Å². The molecule has 2 bridgehead atoms. The Morgan fingerprint density at radius 1 is 1.20 bits per heavy atom. The maximum Gasteiger partial charge on any atom is 0.0472 e. The minimum Gasteiger partial charge on any atom is -0.381 e. The van der Waals surface area contributed by atoms with Gasteiger partial charge in [-0.2, -0.15) is 0 Å². The van der Waals surface area contributed by atoms with Gasteiger partial charge in [-0.15, -0.1) is 0 Å². The van der Waals surface area contributed by atoms with Gasteiger partial charge in [0.2, 0.25) is 0 Å². The topological polar surface area (TPSA) is 24.5 Å². The van der Waals surface area contributed by atoms with Crippen LogP contribution in [0.2, 0.25) is 0 Å². The second-order valence-electron chi connectivity index (χ2n) is 7.77. The highest BCUT2D eigenvalue weighted by Crippen LogP contribution is 2.48. The van der Waals surface area contributed by atoms with Crippen molar-refractivity contribution < 1.29 is 4.74 Å². The van der Waals surface area contributed by atoms with Gasteiger partial charge in [0, 0.05) is 32.8 Å². The van der Waals surface area contributed by atoms with E-state index in [1.54, 1.807) is 0 Å². The lowest BCUT2D eigenvalue weighted by Gasteiger charge is -2.41. The molecule has 3 rings (SSSR count). The summed E-state index contributed by atoms with van der Waals surface area (Å²) in [7, 11) is 4.44. The summed E-state index contributed by atoms with van der Waals surface area (Å²) in [6.07, 6.45) is 8.51. The first-order valence-electron chi connectivity index (χ1n) is 8.62. The Morgan fingerprint density at radius 2 is 2.00 bits per heavy atom. The van der Waals surface area contributed by atoms with Crippen molar-refractivity contribution >= 4 is 0 Å². The minimum absolute atomic E-state index is 0.444. The molecule has 3 atom stereocenters. The van der Waals surface area contributed by atoms with Crippen LogP contribution in [0.3, 0.4) is 0 Å². The largest absolute Gasteiger partial charge is 0.381 e. The van der Waals surface area contributed by atoms with Crippen LogP contribution >= 0.6 is 0 Å². The molecule has 3 nitrogen and oxygen atoms in total. The van der Waals surface area contributed by atoms with Crippen molar-refractivity contribution in [2.45, 2.75) is 38.5 Å². The molecule has 1 aliphatic heterocycles. The van der Waals surface area contributed by atoms with Crippen molar-refractivity contribution in [1.29, 1.82) is 0 Å². The summed E-state index contributed by atoms with van der Waals surface area (Å²) in [5.74, 6) is 3.12. The Kier molecular flexibility index (Phi) is 4.68. The molecule has 1 saturated heterocycles. The van der Waals surface area contributed by atoms with Gasteiger partial charge in [0.15, 0.2) is 0 Å². The lowest BCUT2D eigenvalue weighted by atomic mass is 9.79. The highest BCUT2D eigenvalue weighted by atomic mass is 16.5. The summed E-state index contributed by atoms with van der Waals surface area (Å²) >= 11 is 0. The molecule has 3 unspecified atom stereocenters. The average Bonchev–Trinajstić information content (AvgIpc) is 3.02.